The number of aliphatic hydroxyl groups is 1. The Labute approximate surface area is 133 Å². The highest BCUT2D eigenvalue weighted by Crippen LogP contribution is 2.24. The number of aliphatic hydroxyl groups excluding tert-OH is 1. The quantitative estimate of drug-likeness (QED) is 0.807. The molecule has 116 valence electrons. The van der Waals surface area contributed by atoms with Gasteiger partial charge in [-0.25, -0.2) is 9.37 Å². The molecule has 0 saturated heterocycles. The van der Waals surface area contributed by atoms with E-state index in [4.69, 9.17) is 0 Å². The number of hydrogen-bond donors (Lipinski definition) is 1. The zero-order valence-electron chi connectivity index (χ0n) is 12.4. The van der Waals surface area contributed by atoms with Crippen LogP contribution in [0.25, 0.3) is 22.4 Å². The molecule has 0 fully saturated rings. The third-order valence-electron chi connectivity index (χ3n) is 3.40. The van der Waals surface area contributed by atoms with Gasteiger partial charge in [0.25, 0.3) is 0 Å². The summed E-state index contributed by atoms with van der Waals surface area (Å²) in [5, 5.41) is 9.34. The van der Waals surface area contributed by atoms with Crippen molar-refractivity contribution in [3.8, 4) is 11.4 Å². The second-order valence-electron chi connectivity index (χ2n) is 4.96. The van der Waals surface area contributed by atoms with Crippen molar-refractivity contribution in [1.82, 2.24) is 14.5 Å². The van der Waals surface area contributed by atoms with Gasteiger partial charge in [0.1, 0.15) is 11.6 Å². The highest BCUT2D eigenvalue weighted by Gasteiger charge is 2.12. The molecular formula is C18H16FN3O. The summed E-state index contributed by atoms with van der Waals surface area (Å²) in [7, 11) is 0. The molecule has 0 aliphatic rings. The van der Waals surface area contributed by atoms with Crippen LogP contribution in [0.4, 0.5) is 4.39 Å². The fourth-order valence-corrected chi connectivity index (χ4v) is 2.39. The van der Waals surface area contributed by atoms with Crippen LogP contribution < -0.4 is 0 Å². The molecule has 1 aromatic carbocycles. The minimum atomic E-state index is -0.329. The Morgan fingerprint density at radius 1 is 1.04 bits per heavy atom. The van der Waals surface area contributed by atoms with Gasteiger partial charge in [-0.1, -0.05) is 24.3 Å². The van der Waals surface area contributed by atoms with Gasteiger partial charge >= 0.3 is 0 Å². The van der Waals surface area contributed by atoms with E-state index in [-0.39, 0.29) is 12.4 Å². The summed E-state index contributed by atoms with van der Waals surface area (Å²) in [5.74, 6) is 0.315. The highest BCUT2D eigenvalue weighted by atomic mass is 19.1. The first-order chi connectivity index (χ1) is 11.3. The fraction of sp³-hybridized carbons (Fsp3) is 0.111. The molecule has 0 aliphatic heterocycles. The van der Waals surface area contributed by atoms with E-state index in [1.54, 1.807) is 23.0 Å². The number of aromatic nitrogens is 3. The van der Waals surface area contributed by atoms with Gasteiger partial charge in [0.2, 0.25) is 0 Å². The molecule has 3 aromatic rings. The molecular weight excluding hydrogens is 293 g/mol. The lowest BCUT2D eigenvalue weighted by Crippen LogP contribution is -2.04. The Morgan fingerprint density at radius 3 is 2.74 bits per heavy atom. The van der Waals surface area contributed by atoms with Crippen molar-refractivity contribution in [2.75, 3.05) is 6.61 Å². The third kappa shape index (κ3) is 3.35. The minimum Gasteiger partial charge on any atom is -0.395 e. The monoisotopic (exact) mass is 309 g/mol. The van der Waals surface area contributed by atoms with Crippen LogP contribution >= 0.6 is 0 Å². The number of benzene rings is 1. The Bertz CT molecular complexity index is 850. The Morgan fingerprint density at radius 2 is 1.87 bits per heavy atom. The Hall–Kier alpha value is -2.79. The van der Waals surface area contributed by atoms with Crippen molar-refractivity contribution < 1.29 is 9.50 Å². The molecule has 2 heterocycles. The smallest absolute Gasteiger partial charge is 0.142 e. The lowest BCUT2D eigenvalue weighted by atomic mass is 10.2. The summed E-state index contributed by atoms with van der Waals surface area (Å²) in [4.78, 5) is 8.80. The van der Waals surface area contributed by atoms with Crippen LogP contribution in [0.3, 0.4) is 0 Å². The second kappa shape index (κ2) is 6.98. The maximum Gasteiger partial charge on any atom is 0.142 e. The number of halogens is 1. The van der Waals surface area contributed by atoms with Gasteiger partial charge in [-0.2, -0.15) is 0 Å². The van der Waals surface area contributed by atoms with Crippen LogP contribution in [0.5, 0.6) is 0 Å². The number of fused-ring (bicyclic) bond motifs is 1. The molecule has 0 radical (unpaired) electrons. The SMILES string of the molecule is OCCn1c(-c2cccccccnc2)nc2ccc(F)cc21. The first-order valence-corrected chi connectivity index (χ1v) is 7.30. The number of hydrogen-bond acceptors (Lipinski definition) is 3. The third-order valence-corrected chi connectivity index (χ3v) is 3.40. The zero-order chi connectivity index (χ0) is 16.1. The largest absolute Gasteiger partial charge is 0.395 e. The van der Waals surface area contributed by atoms with Crippen LogP contribution in [0.15, 0.2) is 67.0 Å². The molecule has 0 spiro atoms. The number of imidazole rings is 1. The molecule has 1 N–H and O–H groups in total. The maximum atomic E-state index is 13.6. The first kappa shape index (κ1) is 15.1. The van der Waals surface area contributed by atoms with Crippen molar-refractivity contribution in [2.24, 2.45) is 0 Å². The van der Waals surface area contributed by atoms with E-state index in [0.717, 1.165) is 5.56 Å². The highest BCUT2D eigenvalue weighted by molar-refractivity contribution is 5.80. The summed E-state index contributed by atoms with van der Waals surface area (Å²) < 4.78 is 15.4. The lowest BCUT2D eigenvalue weighted by molar-refractivity contribution is 0.278. The van der Waals surface area contributed by atoms with Gasteiger partial charge < -0.3 is 9.67 Å². The van der Waals surface area contributed by atoms with E-state index in [0.29, 0.717) is 23.4 Å². The van der Waals surface area contributed by atoms with Crippen LogP contribution in [0.1, 0.15) is 0 Å². The second-order valence-corrected chi connectivity index (χ2v) is 4.96. The molecule has 3 rings (SSSR count). The van der Waals surface area contributed by atoms with E-state index in [1.807, 2.05) is 36.4 Å². The summed E-state index contributed by atoms with van der Waals surface area (Å²) in [6.07, 6.45) is 3.38. The average Bonchev–Trinajstić information content (AvgIpc) is 2.91. The Balaban J connectivity index is 2.25. The predicted octanol–water partition coefficient (Wildman–Crippen LogP) is 3.35. The molecule has 0 amide bonds. The van der Waals surface area contributed by atoms with Gasteiger partial charge in [-0.05, 0) is 30.3 Å². The van der Waals surface area contributed by atoms with E-state index >= 15 is 0 Å². The summed E-state index contributed by atoms with van der Waals surface area (Å²) in [5.41, 5.74) is 2.12. The molecule has 0 aliphatic carbocycles. The van der Waals surface area contributed by atoms with Crippen molar-refractivity contribution >= 4 is 11.0 Å². The lowest BCUT2D eigenvalue weighted by Gasteiger charge is -2.06. The number of rotatable bonds is 3. The molecule has 0 atom stereocenters. The normalized spacial score (nSPS) is 10.5. The molecule has 0 bridgehead atoms. The average molecular weight is 309 g/mol. The molecule has 0 unspecified atom stereocenters. The summed E-state index contributed by atoms with van der Waals surface area (Å²) in [6.45, 7) is 0.276. The van der Waals surface area contributed by atoms with Gasteiger partial charge in [-0.15, -0.1) is 0 Å². The van der Waals surface area contributed by atoms with Crippen molar-refractivity contribution in [3.63, 3.8) is 0 Å². The summed E-state index contributed by atoms with van der Waals surface area (Å²) >= 11 is 0. The summed E-state index contributed by atoms with van der Waals surface area (Å²) in [6, 6.07) is 15.7. The van der Waals surface area contributed by atoms with Crippen LogP contribution in [0, 0.1) is 5.82 Å². The zero-order valence-corrected chi connectivity index (χ0v) is 12.4. The maximum absolute atomic E-state index is 13.6. The minimum absolute atomic E-state index is 0.0577. The van der Waals surface area contributed by atoms with E-state index in [9.17, 15) is 9.50 Å². The standard InChI is InChI=1S/C18H16FN3O/c19-15-7-8-16-17(12-15)22(10-11-23)18(21-16)14-6-4-2-1-3-5-9-20-13-14/h1-9,12-13,23H,10-11H2. The van der Waals surface area contributed by atoms with Crippen LogP contribution in [0.2, 0.25) is 0 Å². The van der Waals surface area contributed by atoms with E-state index < -0.39 is 0 Å². The number of nitrogens with zero attached hydrogens (tertiary/aromatic N) is 3. The Kier molecular flexibility index (Phi) is 4.59. The predicted molar refractivity (Wildman–Crippen MR) is 87.6 cm³/mol. The van der Waals surface area contributed by atoms with Gasteiger partial charge in [0, 0.05) is 24.5 Å². The molecule has 4 nitrogen and oxygen atoms in total. The first-order valence-electron chi connectivity index (χ1n) is 7.30. The van der Waals surface area contributed by atoms with Gasteiger partial charge in [0.05, 0.1) is 17.6 Å². The van der Waals surface area contributed by atoms with E-state index in [1.165, 1.54) is 12.1 Å². The molecule has 2 aromatic heterocycles. The van der Waals surface area contributed by atoms with Gasteiger partial charge in [0.15, 0.2) is 0 Å². The van der Waals surface area contributed by atoms with Crippen molar-refractivity contribution in [1.29, 1.82) is 0 Å². The van der Waals surface area contributed by atoms with Crippen LogP contribution in [-0.2, 0) is 6.54 Å². The molecule has 5 heteroatoms. The molecule has 0 saturated carbocycles. The van der Waals surface area contributed by atoms with E-state index in [2.05, 4.69) is 9.97 Å². The topological polar surface area (TPSA) is 50.9 Å². The van der Waals surface area contributed by atoms with Crippen molar-refractivity contribution in [3.05, 3.63) is 72.8 Å². The van der Waals surface area contributed by atoms with Crippen LogP contribution in [-0.4, -0.2) is 26.2 Å². The van der Waals surface area contributed by atoms with Crippen molar-refractivity contribution in [2.45, 2.75) is 6.54 Å². The van der Waals surface area contributed by atoms with Gasteiger partial charge in [-0.3, -0.25) is 4.98 Å². The molecule has 23 heavy (non-hydrogen) atoms. The fourth-order valence-electron chi connectivity index (χ4n) is 2.39.